The van der Waals surface area contributed by atoms with Crippen LogP contribution in [0.5, 0.6) is 11.5 Å². The fourth-order valence-corrected chi connectivity index (χ4v) is 3.76. The molecular weight excluding hydrogens is 396 g/mol. The Labute approximate surface area is 163 Å². The minimum Gasteiger partial charge on any atom is -0.493 e. The third-order valence-electron chi connectivity index (χ3n) is 4.50. The van der Waals surface area contributed by atoms with Crippen LogP contribution in [0.15, 0.2) is 35.1 Å². The summed E-state index contributed by atoms with van der Waals surface area (Å²) < 4.78 is 12.0. The lowest BCUT2D eigenvalue weighted by Crippen LogP contribution is -2.42. The zero-order valence-electron chi connectivity index (χ0n) is 15.2. The van der Waals surface area contributed by atoms with Crippen molar-refractivity contribution in [1.29, 1.82) is 0 Å². The lowest BCUT2D eigenvalue weighted by Gasteiger charge is -2.32. The van der Waals surface area contributed by atoms with E-state index in [4.69, 9.17) is 9.47 Å². The molecule has 0 saturated carbocycles. The molecule has 0 spiro atoms. The van der Waals surface area contributed by atoms with E-state index in [9.17, 15) is 0 Å². The smallest absolute Gasteiger partial charge is 0.225 e. The number of hydrogen-bond acceptors (Lipinski definition) is 6. The van der Waals surface area contributed by atoms with Crippen LogP contribution in [-0.4, -0.2) is 42.8 Å². The molecule has 1 fully saturated rings. The first-order valence-corrected chi connectivity index (χ1v) is 9.75. The second-order valence-corrected chi connectivity index (χ2v) is 7.09. The van der Waals surface area contributed by atoms with Crippen LogP contribution in [0.2, 0.25) is 0 Å². The first-order valence-electron chi connectivity index (χ1n) is 8.95. The lowest BCUT2D eigenvalue weighted by atomic mass is 10.0. The number of rotatable bonds is 7. The number of aromatic nitrogens is 2. The molecule has 0 aliphatic carbocycles. The van der Waals surface area contributed by atoms with Crippen LogP contribution < -0.4 is 19.7 Å². The molecule has 0 unspecified atom stereocenters. The van der Waals surface area contributed by atoms with Crippen molar-refractivity contribution in [2.45, 2.75) is 32.4 Å². The van der Waals surface area contributed by atoms with Crippen molar-refractivity contribution in [3.8, 4) is 11.5 Å². The molecule has 1 N–H and O–H groups in total. The summed E-state index contributed by atoms with van der Waals surface area (Å²) in [5.74, 6) is 2.34. The van der Waals surface area contributed by atoms with Gasteiger partial charge in [-0.3, -0.25) is 0 Å². The van der Waals surface area contributed by atoms with Gasteiger partial charge in [-0.15, -0.1) is 0 Å². The molecule has 3 rings (SSSR count). The van der Waals surface area contributed by atoms with Crippen molar-refractivity contribution in [3.05, 3.63) is 40.6 Å². The number of ether oxygens (including phenoxy) is 2. The summed E-state index contributed by atoms with van der Waals surface area (Å²) in [5.41, 5.74) is 1.17. The fourth-order valence-electron chi connectivity index (χ4n) is 3.16. The zero-order valence-corrected chi connectivity index (χ0v) is 16.8. The van der Waals surface area contributed by atoms with Gasteiger partial charge in [0, 0.05) is 38.1 Å². The molecule has 0 bridgehead atoms. The number of halogens is 1. The van der Waals surface area contributed by atoms with Crippen molar-refractivity contribution in [3.63, 3.8) is 0 Å². The van der Waals surface area contributed by atoms with Crippen molar-refractivity contribution in [2.24, 2.45) is 0 Å². The average molecular weight is 421 g/mol. The predicted molar refractivity (Wildman–Crippen MR) is 106 cm³/mol. The van der Waals surface area contributed by atoms with E-state index >= 15 is 0 Å². The van der Waals surface area contributed by atoms with Gasteiger partial charge in [-0.05, 0) is 59.5 Å². The predicted octanol–water partition coefficient (Wildman–Crippen LogP) is 3.41. The molecule has 1 aromatic carbocycles. The van der Waals surface area contributed by atoms with Crippen molar-refractivity contribution in [1.82, 2.24) is 15.3 Å². The van der Waals surface area contributed by atoms with Gasteiger partial charge in [0.15, 0.2) is 11.5 Å². The van der Waals surface area contributed by atoms with E-state index in [0.29, 0.717) is 12.6 Å². The Bertz CT molecular complexity index is 706. The summed E-state index contributed by atoms with van der Waals surface area (Å²) in [6, 6.07) is 6.47. The maximum Gasteiger partial charge on any atom is 0.225 e. The normalized spacial score (nSPS) is 15.1. The SMILES string of the molecule is CCOc1c(Br)cc(CNC2CCN(c3ncccn3)CC2)cc1OC. The molecule has 1 saturated heterocycles. The Morgan fingerprint density at radius 3 is 2.62 bits per heavy atom. The number of nitrogens with one attached hydrogen (secondary N) is 1. The maximum absolute atomic E-state index is 5.65. The minimum atomic E-state index is 0.492. The molecule has 26 heavy (non-hydrogen) atoms. The lowest BCUT2D eigenvalue weighted by molar-refractivity contribution is 0.308. The van der Waals surface area contributed by atoms with Crippen LogP contribution >= 0.6 is 15.9 Å². The van der Waals surface area contributed by atoms with Gasteiger partial charge >= 0.3 is 0 Å². The molecule has 140 valence electrons. The monoisotopic (exact) mass is 420 g/mol. The highest BCUT2D eigenvalue weighted by Crippen LogP contribution is 2.36. The van der Waals surface area contributed by atoms with E-state index in [2.05, 4.69) is 42.2 Å². The highest BCUT2D eigenvalue weighted by Gasteiger charge is 2.20. The van der Waals surface area contributed by atoms with Crippen LogP contribution in [0, 0.1) is 0 Å². The first kappa shape index (κ1) is 18.9. The van der Waals surface area contributed by atoms with E-state index in [-0.39, 0.29) is 0 Å². The zero-order chi connectivity index (χ0) is 18.4. The molecule has 0 radical (unpaired) electrons. The van der Waals surface area contributed by atoms with E-state index in [1.165, 1.54) is 5.56 Å². The summed E-state index contributed by atoms with van der Waals surface area (Å²) in [4.78, 5) is 10.9. The van der Waals surface area contributed by atoms with Crippen LogP contribution in [0.25, 0.3) is 0 Å². The summed E-state index contributed by atoms with van der Waals surface area (Å²) in [6.45, 7) is 5.31. The maximum atomic E-state index is 5.65. The van der Waals surface area contributed by atoms with Crippen molar-refractivity contribution < 1.29 is 9.47 Å². The fraction of sp³-hybridized carbons (Fsp3) is 0.474. The quantitative estimate of drug-likeness (QED) is 0.740. The second kappa shape index (κ2) is 9.19. The molecule has 1 aliphatic rings. The first-order chi connectivity index (χ1) is 12.7. The summed E-state index contributed by atoms with van der Waals surface area (Å²) in [7, 11) is 1.67. The topological polar surface area (TPSA) is 59.5 Å². The Balaban J connectivity index is 1.54. The van der Waals surface area contributed by atoms with Gasteiger partial charge in [0.05, 0.1) is 18.2 Å². The molecule has 1 aromatic heterocycles. The molecule has 0 amide bonds. The number of methoxy groups -OCH3 is 1. The molecule has 6 nitrogen and oxygen atoms in total. The standard InChI is InChI=1S/C19H25BrN4O2/c1-3-26-18-16(20)11-14(12-17(18)25-2)13-23-15-5-9-24(10-6-15)19-21-7-4-8-22-19/h4,7-8,11-12,15,23H,3,5-6,9-10,13H2,1-2H3. The van der Waals surface area contributed by atoms with E-state index in [1.54, 1.807) is 19.5 Å². The van der Waals surface area contributed by atoms with E-state index in [0.717, 1.165) is 54.4 Å². The Hall–Kier alpha value is -1.86. The van der Waals surface area contributed by atoms with Gasteiger partial charge in [-0.2, -0.15) is 0 Å². The number of anilines is 1. The molecule has 7 heteroatoms. The Morgan fingerprint density at radius 2 is 1.96 bits per heavy atom. The largest absolute Gasteiger partial charge is 0.493 e. The van der Waals surface area contributed by atoms with Gasteiger partial charge in [0.2, 0.25) is 5.95 Å². The summed E-state index contributed by atoms with van der Waals surface area (Å²) >= 11 is 3.59. The van der Waals surface area contributed by atoms with Gasteiger partial charge in [-0.25, -0.2) is 9.97 Å². The van der Waals surface area contributed by atoms with Gasteiger partial charge in [0.25, 0.3) is 0 Å². The molecule has 2 aromatic rings. The Morgan fingerprint density at radius 1 is 1.23 bits per heavy atom. The third-order valence-corrected chi connectivity index (χ3v) is 5.09. The average Bonchev–Trinajstić information content (AvgIpc) is 2.69. The van der Waals surface area contributed by atoms with Gasteiger partial charge in [0.1, 0.15) is 0 Å². The molecule has 0 atom stereocenters. The molecular formula is C19H25BrN4O2. The number of piperidine rings is 1. The van der Waals surface area contributed by atoms with Gasteiger partial charge in [-0.1, -0.05) is 0 Å². The number of nitrogens with zero attached hydrogens (tertiary/aromatic N) is 3. The molecule has 1 aliphatic heterocycles. The third kappa shape index (κ3) is 4.65. The highest BCUT2D eigenvalue weighted by atomic mass is 79.9. The number of hydrogen-bond donors (Lipinski definition) is 1. The van der Waals surface area contributed by atoms with Crippen LogP contribution in [0.4, 0.5) is 5.95 Å². The summed E-state index contributed by atoms with van der Waals surface area (Å²) in [6.07, 6.45) is 5.74. The second-order valence-electron chi connectivity index (χ2n) is 6.23. The summed E-state index contributed by atoms with van der Waals surface area (Å²) in [5, 5.41) is 3.66. The number of benzene rings is 1. The van der Waals surface area contributed by atoms with Gasteiger partial charge < -0.3 is 19.7 Å². The van der Waals surface area contributed by atoms with Crippen molar-refractivity contribution >= 4 is 21.9 Å². The van der Waals surface area contributed by atoms with Crippen LogP contribution in [0.1, 0.15) is 25.3 Å². The minimum absolute atomic E-state index is 0.492. The van der Waals surface area contributed by atoms with E-state index < -0.39 is 0 Å². The highest BCUT2D eigenvalue weighted by molar-refractivity contribution is 9.10. The van der Waals surface area contributed by atoms with Crippen LogP contribution in [0.3, 0.4) is 0 Å². The van der Waals surface area contributed by atoms with Crippen molar-refractivity contribution in [2.75, 3.05) is 31.7 Å². The molecule has 2 heterocycles. The van der Waals surface area contributed by atoms with E-state index in [1.807, 2.05) is 19.1 Å². The Kier molecular flexibility index (Phi) is 6.68. The van der Waals surface area contributed by atoms with Crippen LogP contribution in [-0.2, 0) is 6.54 Å².